The van der Waals surface area contributed by atoms with Gasteiger partial charge < -0.3 is 24.1 Å². The van der Waals surface area contributed by atoms with Crippen molar-refractivity contribution in [3.05, 3.63) is 0 Å². The first-order valence-electron chi connectivity index (χ1n) is 12.3. The molecule has 0 radical (unpaired) electrons. The summed E-state index contributed by atoms with van der Waals surface area (Å²) < 4.78 is 24.2. The SMILES string of the molecule is CCCCCCCCCC[C@H](O)[C@@H]1CC[C@H]([C@@H]2CC[C@H]([C@H]3COC(C)(C)O3)O2)O1. The Labute approximate surface area is 177 Å². The Bertz CT molecular complexity index is 468. The number of aliphatic hydroxyl groups excluding tert-OH is 1. The van der Waals surface area contributed by atoms with Crippen LogP contribution in [-0.2, 0) is 18.9 Å². The fraction of sp³-hybridized carbons (Fsp3) is 1.00. The summed E-state index contributed by atoms with van der Waals surface area (Å²) in [5.41, 5.74) is 0. The molecule has 5 nitrogen and oxygen atoms in total. The third-order valence-electron chi connectivity index (χ3n) is 6.81. The van der Waals surface area contributed by atoms with E-state index in [1.165, 1.54) is 44.9 Å². The van der Waals surface area contributed by atoms with E-state index >= 15 is 0 Å². The van der Waals surface area contributed by atoms with Crippen LogP contribution in [0.2, 0.25) is 0 Å². The molecule has 6 atom stereocenters. The average Bonchev–Trinajstić information content (AvgIpc) is 3.42. The van der Waals surface area contributed by atoms with Crippen LogP contribution in [0.1, 0.15) is 104 Å². The highest BCUT2D eigenvalue weighted by Crippen LogP contribution is 2.36. The van der Waals surface area contributed by atoms with Gasteiger partial charge in [-0.25, -0.2) is 0 Å². The molecule has 0 aromatic carbocycles. The first kappa shape index (κ1) is 23.5. The Morgan fingerprint density at radius 2 is 1.38 bits per heavy atom. The molecule has 0 aromatic rings. The van der Waals surface area contributed by atoms with E-state index in [4.69, 9.17) is 18.9 Å². The second-order valence-electron chi connectivity index (χ2n) is 9.78. The lowest BCUT2D eigenvalue weighted by atomic mass is 10.0. The Hall–Kier alpha value is -0.200. The molecule has 1 N–H and O–H groups in total. The number of ether oxygens (including phenoxy) is 4. The van der Waals surface area contributed by atoms with Crippen LogP contribution in [0.3, 0.4) is 0 Å². The number of aliphatic hydroxyl groups is 1. The highest BCUT2D eigenvalue weighted by molar-refractivity contribution is 4.91. The lowest BCUT2D eigenvalue weighted by Gasteiger charge is -2.24. The zero-order valence-electron chi connectivity index (χ0n) is 18.9. The van der Waals surface area contributed by atoms with E-state index in [0.29, 0.717) is 6.61 Å². The second-order valence-corrected chi connectivity index (χ2v) is 9.78. The maximum Gasteiger partial charge on any atom is 0.163 e. The summed E-state index contributed by atoms with van der Waals surface area (Å²) in [6.07, 6.45) is 15.2. The molecule has 0 aliphatic carbocycles. The van der Waals surface area contributed by atoms with E-state index in [9.17, 15) is 5.11 Å². The summed E-state index contributed by atoms with van der Waals surface area (Å²) in [6.45, 7) is 6.78. The highest BCUT2D eigenvalue weighted by atomic mass is 16.8. The van der Waals surface area contributed by atoms with Gasteiger partial charge in [-0.15, -0.1) is 0 Å². The van der Waals surface area contributed by atoms with Gasteiger partial charge in [-0.2, -0.15) is 0 Å². The molecule has 3 aliphatic rings. The summed E-state index contributed by atoms with van der Waals surface area (Å²) in [5, 5.41) is 10.6. The third kappa shape index (κ3) is 7.17. The summed E-state index contributed by atoms with van der Waals surface area (Å²) in [6, 6.07) is 0. The largest absolute Gasteiger partial charge is 0.390 e. The fourth-order valence-electron chi connectivity index (χ4n) is 5.05. The van der Waals surface area contributed by atoms with Gasteiger partial charge in [0.25, 0.3) is 0 Å². The Morgan fingerprint density at radius 3 is 2.03 bits per heavy atom. The summed E-state index contributed by atoms with van der Waals surface area (Å²) in [7, 11) is 0. The van der Waals surface area contributed by atoms with Gasteiger partial charge in [-0.3, -0.25) is 0 Å². The van der Waals surface area contributed by atoms with Gasteiger partial charge in [0, 0.05) is 0 Å². The van der Waals surface area contributed by atoms with Crippen LogP contribution in [0.15, 0.2) is 0 Å². The molecule has 0 bridgehead atoms. The number of hydrogen-bond donors (Lipinski definition) is 1. The Balaban J connectivity index is 1.28. The van der Waals surface area contributed by atoms with E-state index in [1.807, 2.05) is 13.8 Å². The molecule has 29 heavy (non-hydrogen) atoms. The molecule has 0 amide bonds. The number of unbranched alkanes of at least 4 members (excludes halogenated alkanes) is 7. The quantitative estimate of drug-likeness (QED) is 0.451. The molecule has 0 aromatic heterocycles. The molecular weight excluding hydrogens is 368 g/mol. The van der Waals surface area contributed by atoms with Gasteiger partial charge in [-0.1, -0.05) is 58.3 Å². The van der Waals surface area contributed by atoms with Crippen molar-refractivity contribution in [2.45, 2.75) is 147 Å². The van der Waals surface area contributed by atoms with E-state index in [0.717, 1.165) is 38.5 Å². The second kappa shape index (κ2) is 11.4. The molecule has 5 heteroatoms. The molecule has 3 heterocycles. The average molecular weight is 413 g/mol. The summed E-state index contributed by atoms with van der Waals surface area (Å²) >= 11 is 0. The molecular formula is C24H44O5. The highest BCUT2D eigenvalue weighted by Gasteiger charge is 2.44. The van der Waals surface area contributed by atoms with Gasteiger partial charge >= 0.3 is 0 Å². The van der Waals surface area contributed by atoms with Crippen LogP contribution < -0.4 is 0 Å². The summed E-state index contributed by atoms with van der Waals surface area (Å²) in [4.78, 5) is 0. The zero-order valence-corrected chi connectivity index (χ0v) is 18.9. The van der Waals surface area contributed by atoms with Gasteiger partial charge in [0.2, 0.25) is 0 Å². The van der Waals surface area contributed by atoms with Crippen molar-refractivity contribution in [3.8, 4) is 0 Å². The van der Waals surface area contributed by atoms with Crippen molar-refractivity contribution in [2.75, 3.05) is 6.61 Å². The summed E-state index contributed by atoms with van der Waals surface area (Å²) in [5.74, 6) is -0.499. The topological polar surface area (TPSA) is 57.2 Å². The van der Waals surface area contributed by atoms with Crippen molar-refractivity contribution < 1.29 is 24.1 Å². The zero-order chi connectivity index (χ0) is 20.7. The van der Waals surface area contributed by atoms with E-state index in [2.05, 4.69) is 6.92 Å². The molecule has 3 fully saturated rings. The maximum absolute atomic E-state index is 10.6. The number of hydrogen-bond acceptors (Lipinski definition) is 5. The van der Waals surface area contributed by atoms with Gasteiger partial charge in [0.05, 0.1) is 37.1 Å². The van der Waals surface area contributed by atoms with Gasteiger partial charge in [0.1, 0.15) is 6.10 Å². The van der Waals surface area contributed by atoms with E-state index in [-0.39, 0.29) is 36.6 Å². The van der Waals surface area contributed by atoms with Gasteiger partial charge in [-0.05, 0) is 46.0 Å². The third-order valence-corrected chi connectivity index (χ3v) is 6.81. The van der Waals surface area contributed by atoms with Crippen LogP contribution in [0.25, 0.3) is 0 Å². The van der Waals surface area contributed by atoms with Crippen molar-refractivity contribution in [1.82, 2.24) is 0 Å². The van der Waals surface area contributed by atoms with Crippen LogP contribution in [0, 0.1) is 0 Å². The normalized spacial score (nSPS) is 35.4. The van der Waals surface area contributed by atoms with Crippen molar-refractivity contribution in [2.24, 2.45) is 0 Å². The Kier molecular flexibility index (Phi) is 9.25. The van der Waals surface area contributed by atoms with Crippen molar-refractivity contribution in [1.29, 1.82) is 0 Å². The van der Waals surface area contributed by atoms with Crippen molar-refractivity contribution in [3.63, 3.8) is 0 Å². The standard InChI is InChI=1S/C24H44O5/c1-4-5-6-7-8-9-10-11-12-18(25)19-13-14-20(27-19)21-15-16-22(28-21)23-17-26-24(2,3)29-23/h18-23,25H,4-17H2,1-3H3/t18-,19-,20+,21-,22+,23+/m0/s1. The molecule has 0 spiro atoms. The van der Waals surface area contributed by atoms with Crippen LogP contribution in [-0.4, -0.2) is 54.1 Å². The molecule has 3 rings (SSSR count). The smallest absolute Gasteiger partial charge is 0.163 e. The minimum Gasteiger partial charge on any atom is -0.390 e. The number of rotatable bonds is 12. The maximum atomic E-state index is 10.6. The van der Waals surface area contributed by atoms with E-state index in [1.54, 1.807) is 0 Å². The molecule has 0 unspecified atom stereocenters. The predicted molar refractivity (Wildman–Crippen MR) is 114 cm³/mol. The monoisotopic (exact) mass is 412 g/mol. The Morgan fingerprint density at radius 1 is 0.793 bits per heavy atom. The lowest BCUT2D eigenvalue weighted by Crippen LogP contribution is -2.34. The molecule has 3 saturated heterocycles. The van der Waals surface area contributed by atoms with Crippen molar-refractivity contribution >= 4 is 0 Å². The molecule has 3 aliphatic heterocycles. The van der Waals surface area contributed by atoms with E-state index < -0.39 is 5.79 Å². The van der Waals surface area contributed by atoms with Crippen LogP contribution in [0.4, 0.5) is 0 Å². The van der Waals surface area contributed by atoms with Gasteiger partial charge in [0.15, 0.2) is 5.79 Å². The first-order chi connectivity index (χ1) is 14.0. The molecule has 0 saturated carbocycles. The minimum absolute atomic E-state index is 0.0165. The van der Waals surface area contributed by atoms with Crippen LogP contribution >= 0.6 is 0 Å². The van der Waals surface area contributed by atoms with Crippen LogP contribution in [0.5, 0.6) is 0 Å². The lowest BCUT2D eigenvalue weighted by molar-refractivity contribution is -0.161. The molecule has 170 valence electrons. The predicted octanol–water partition coefficient (Wildman–Crippen LogP) is 5.12. The minimum atomic E-state index is -0.499. The first-order valence-corrected chi connectivity index (χ1v) is 12.3. The fourth-order valence-corrected chi connectivity index (χ4v) is 5.05.